The molecule has 0 spiro atoms. The van der Waals surface area contributed by atoms with E-state index >= 15 is 0 Å². The van der Waals surface area contributed by atoms with E-state index in [-0.39, 0.29) is 22.8 Å². The van der Waals surface area contributed by atoms with E-state index in [1.165, 1.54) is 25.3 Å². The minimum Gasteiger partial charge on any atom is -0.508 e. The first-order chi connectivity index (χ1) is 7.11. The Hall–Kier alpha value is -2.17. The van der Waals surface area contributed by atoms with Crippen LogP contribution < -0.4 is 0 Å². The van der Waals surface area contributed by atoms with Crippen molar-refractivity contribution in [1.82, 2.24) is 0 Å². The molecule has 0 bridgehead atoms. The van der Waals surface area contributed by atoms with E-state index < -0.39 is 5.97 Å². The van der Waals surface area contributed by atoms with Gasteiger partial charge in [0.05, 0.1) is 12.5 Å². The van der Waals surface area contributed by atoms with Gasteiger partial charge in [-0.05, 0) is 0 Å². The van der Waals surface area contributed by atoms with Crippen LogP contribution in [0.25, 0.3) is 11.0 Å². The number of carbonyl (C=O) groups is 1. The molecule has 5 heteroatoms. The number of benzene rings is 1. The molecule has 15 heavy (non-hydrogen) atoms. The molecule has 2 rings (SSSR count). The second-order valence-electron chi connectivity index (χ2n) is 2.98. The van der Waals surface area contributed by atoms with E-state index in [1.807, 2.05) is 0 Å². The van der Waals surface area contributed by atoms with Gasteiger partial charge in [0.2, 0.25) is 5.76 Å². The van der Waals surface area contributed by atoms with Gasteiger partial charge in [0.25, 0.3) is 0 Å². The summed E-state index contributed by atoms with van der Waals surface area (Å²) in [4.78, 5) is 11.1. The number of phenols is 2. The van der Waals surface area contributed by atoms with E-state index in [1.54, 1.807) is 0 Å². The van der Waals surface area contributed by atoms with Crippen LogP contribution in [0.3, 0.4) is 0 Å². The zero-order valence-electron chi connectivity index (χ0n) is 7.85. The zero-order valence-corrected chi connectivity index (χ0v) is 7.85. The number of fused-ring (bicyclic) bond motifs is 1. The number of hydrogen-bond acceptors (Lipinski definition) is 5. The average molecular weight is 208 g/mol. The Morgan fingerprint density at radius 2 is 2.07 bits per heavy atom. The molecule has 1 aromatic heterocycles. The summed E-state index contributed by atoms with van der Waals surface area (Å²) in [7, 11) is 1.23. The van der Waals surface area contributed by atoms with E-state index in [0.29, 0.717) is 5.39 Å². The highest BCUT2D eigenvalue weighted by molar-refractivity contribution is 5.95. The molecule has 0 amide bonds. The number of hydrogen-bond donors (Lipinski definition) is 2. The van der Waals surface area contributed by atoms with Gasteiger partial charge < -0.3 is 19.4 Å². The fourth-order valence-corrected chi connectivity index (χ4v) is 1.31. The molecule has 2 aromatic rings. The number of esters is 1. The lowest BCUT2D eigenvalue weighted by Gasteiger charge is -1.94. The van der Waals surface area contributed by atoms with Crippen LogP contribution in [0.5, 0.6) is 11.5 Å². The van der Waals surface area contributed by atoms with Crippen LogP contribution in [-0.2, 0) is 4.74 Å². The summed E-state index contributed by atoms with van der Waals surface area (Å²) in [6.07, 6.45) is 0. The summed E-state index contributed by atoms with van der Waals surface area (Å²) in [6.45, 7) is 0. The highest BCUT2D eigenvalue weighted by Gasteiger charge is 2.15. The molecule has 0 unspecified atom stereocenters. The van der Waals surface area contributed by atoms with Crippen LogP contribution in [0.2, 0.25) is 0 Å². The van der Waals surface area contributed by atoms with E-state index in [2.05, 4.69) is 4.74 Å². The van der Waals surface area contributed by atoms with Crippen LogP contribution in [0, 0.1) is 0 Å². The Morgan fingerprint density at radius 1 is 1.33 bits per heavy atom. The van der Waals surface area contributed by atoms with E-state index in [4.69, 9.17) is 4.42 Å². The van der Waals surface area contributed by atoms with Crippen molar-refractivity contribution >= 4 is 16.9 Å². The van der Waals surface area contributed by atoms with Crippen molar-refractivity contribution in [2.75, 3.05) is 7.11 Å². The molecule has 2 N–H and O–H groups in total. The van der Waals surface area contributed by atoms with Crippen molar-refractivity contribution in [2.45, 2.75) is 0 Å². The van der Waals surface area contributed by atoms with Gasteiger partial charge in [-0.1, -0.05) is 0 Å². The van der Waals surface area contributed by atoms with Crippen molar-refractivity contribution < 1.29 is 24.2 Å². The fourth-order valence-electron chi connectivity index (χ4n) is 1.31. The Kier molecular flexibility index (Phi) is 2.00. The first kappa shape index (κ1) is 9.39. The third-order valence-electron chi connectivity index (χ3n) is 1.99. The average Bonchev–Trinajstić information content (AvgIpc) is 2.60. The number of phenolic OH excluding ortho intramolecular Hbond substituents is 2. The van der Waals surface area contributed by atoms with Gasteiger partial charge >= 0.3 is 5.97 Å². The number of methoxy groups -OCH3 is 1. The molecule has 1 heterocycles. The molecular formula is C10H8O5. The molecule has 1 aromatic carbocycles. The van der Waals surface area contributed by atoms with E-state index in [9.17, 15) is 15.0 Å². The second-order valence-corrected chi connectivity index (χ2v) is 2.98. The van der Waals surface area contributed by atoms with Crippen LogP contribution >= 0.6 is 0 Å². The first-order valence-electron chi connectivity index (χ1n) is 4.15. The van der Waals surface area contributed by atoms with Gasteiger partial charge in [-0.2, -0.15) is 0 Å². The van der Waals surface area contributed by atoms with Crippen LogP contribution in [0.4, 0.5) is 0 Å². The van der Waals surface area contributed by atoms with E-state index in [0.717, 1.165) is 0 Å². The molecule has 0 atom stereocenters. The number of carbonyl (C=O) groups excluding carboxylic acids is 1. The maximum atomic E-state index is 11.1. The highest BCUT2D eigenvalue weighted by atomic mass is 16.5. The number of aromatic hydroxyl groups is 2. The van der Waals surface area contributed by atoms with Crippen LogP contribution in [0.1, 0.15) is 10.6 Å². The lowest BCUT2D eigenvalue weighted by molar-refractivity contribution is 0.0567. The van der Waals surface area contributed by atoms with Gasteiger partial charge in [0.1, 0.15) is 17.1 Å². The van der Waals surface area contributed by atoms with Crippen LogP contribution in [0.15, 0.2) is 22.6 Å². The summed E-state index contributed by atoms with van der Waals surface area (Å²) >= 11 is 0. The molecule has 5 nitrogen and oxygen atoms in total. The molecule has 0 fully saturated rings. The predicted molar refractivity (Wildman–Crippen MR) is 50.9 cm³/mol. The Morgan fingerprint density at radius 3 is 2.73 bits per heavy atom. The molecule has 0 aliphatic rings. The molecule has 78 valence electrons. The Balaban J connectivity index is 2.65. The number of ether oxygens (including phenoxy) is 1. The van der Waals surface area contributed by atoms with Gasteiger partial charge in [-0.3, -0.25) is 0 Å². The molecule has 0 radical (unpaired) electrons. The first-order valence-corrected chi connectivity index (χ1v) is 4.15. The van der Waals surface area contributed by atoms with Crippen molar-refractivity contribution in [1.29, 1.82) is 0 Å². The summed E-state index contributed by atoms with van der Waals surface area (Å²) in [5.74, 6) is -0.937. The number of furan rings is 1. The van der Waals surface area contributed by atoms with Gasteiger partial charge in [-0.15, -0.1) is 0 Å². The molecule has 0 aliphatic heterocycles. The summed E-state index contributed by atoms with van der Waals surface area (Å²) < 4.78 is 9.55. The third-order valence-corrected chi connectivity index (χ3v) is 1.99. The quantitative estimate of drug-likeness (QED) is 0.696. The zero-order chi connectivity index (χ0) is 11.0. The largest absolute Gasteiger partial charge is 0.508 e. The molecule has 0 aliphatic carbocycles. The van der Waals surface area contributed by atoms with Crippen molar-refractivity contribution in [3.05, 3.63) is 24.0 Å². The maximum absolute atomic E-state index is 11.1. The van der Waals surface area contributed by atoms with Crippen molar-refractivity contribution in [2.24, 2.45) is 0 Å². The Labute approximate surface area is 84.5 Å². The second kappa shape index (κ2) is 3.20. The standard InChI is InChI=1S/C10H8O5/c1-14-10(13)9-4-6-7(12)2-5(11)3-8(6)15-9/h2-4,11-12H,1H3. The maximum Gasteiger partial charge on any atom is 0.373 e. The smallest absolute Gasteiger partial charge is 0.373 e. The number of rotatable bonds is 1. The topological polar surface area (TPSA) is 79.9 Å². The third kappa shape index (κ3) is 1.48. The lowest BCUT2D eigenvalue weighted by Crippen LogP contribution is -1.97. The Bertz CT molecular complexity index is 526. The van der Waals surface area contributed by atoms with Gasteiger partial charge in [0, 0.05) is 18.2 Å². The van der Waals surface area contributed by atoms with Gasteiger partial charge in [0.15, 0.2) is 0 Å². The van der Waals surface area contributed by atoms with Gasteiger partial charge in [-0.25, -0.2) is 4.79 Å². The fraction of sp³-hybridized carbons (Fsp3) is 0.100. The minimum atomic E-state index is -0.634. The minimum absolute atomic E-state index is 0.0200. The summed E-state index contributed by atoms with van der Waals surface area (Å²) in [5.41, 5.74) is 0.230. The van der Waals surface area contributed by atoms with Crippen molar-refractivity contribution in [3.8, 4) is 11.5 Å². The SMILES string of the molecule is COC(=O)c1cc2c(O)cc(O)cc2o1. The molecular weight excluding hydrogens is 200 g/mol. The molecule has 0 saturated carbocycles. The molecule has 0 saturated heterocycles. The lowest BCUT2D eigenvalue weighted by atomic mass is 10.2. The normalized spacial score (nSPS) is 10.5. The van der Waals surface area contributed by atoms with Crippen molar-refractivity contribution in [3.63, 3.8) is 0 Å². The highest BCUT2D eigenvalue weighted by Crippen LogP contribution is 2.32. The summed E-state index contributed by atoms with van der Waals surface area (Å²) in [5, 5.41) is 19.0. The summed E-state index contributed by atoms with van der Waals surface area (Å²) in [6, 6.07) is 3.83. The monoisotopic (exact) mass is 208 g/mol. The van der Waals surface area contributed by atoms with Crippen LogP contribution in [-0.4, -0.2) is 23.3 Å². The predicted octanol–water partition coefficient (Wildman–Crippen LogP) is 1.63.